The number of nitrogens with two attached hydrogens (primary N) is 1. The van der Waals surface area contributed by atoms with Gasteiger partial charge in [-0.25, -0.2) is 19.1 Å². The Morgan fingerprint density at radius 2 is 1.91 bits per heavy atom. The molecule has 0 saturated heterocycles. The SMILES string of the molecule is CNc1cc(F)cc2c(NCCCN)c3c(nc12)C(=O)N(c1ccc(C(=O)O)cc1)C3=O. The number of hydrogen-bond donors (Lipinski definition) is 4. The van der Waals surface area contributed by atoms with E-state index in [0.29, 0.717) is 41.8 Å². The van der Waals surface area contributed by atoms with Crippen molar-refractivity contribution >= 4 is 45.7 Å². The minimum atomic E-state index is -1.13. The Kier molecular flexibility index (Phi) is 5.45. The molecular weight excluding hydrogens is 417 g/mol. The fraction of sp³-hybridized carbons (Fsp3) is 0.182. The predicted molar refractivity (Wildman–Crippen MR) is 118 cm³/mol. The van der Waals surface area contributed by atoms with E-state index in [4.69, 9.17) is 10.8 Å². The number of fused-ring (bicyclic) bond motifs is 2. The Hall–Kier alpha value is -4.05. The van der Waals surface area contributed by atoms with Gasteiger partial charge in [-0.05, 0) is 49.4 Å². The number of imide groups is 1. The van der Waals surface area contributed by atoms with Crippen LogP contribution in [0, 0.1) is 5.82 Å². The first kappa shape index (κ1) is 21.2. The summed E-state index contributed by atoms with van der Waals surface area (Å²) in [6.07, 6.45) is 0.593. The largest absolute Gasteiger partial charge is 0.478 e. The van der Waals surface area contributed by atoms with Crippen LogP contribution in [0.1, 0.15) is 37.6 Å². The van der Waals surface area contributed by atoms with Crippen LogP contribution in [-0.4, -0.2) is 48.0 Å². The molecule has 9 nitrogen and oxygen atoms in total. The standard InChI is InChI=1S/C22H20FN5O4/c1-25-15-10-12(23)9-14-17(15)27-19-16(18(14)26-8-2-7-24)20(29)28(21(19)30)13-5-3-11(4-6-13)22(31)32/h3-6,9-10,25H,2,7-8,24H2,1H3,(H,26,27)(H,31,32). The zero-order valence-corrected chi connectivity index (χ0v) is 17.1. The van der Waals surface area contributed by atoms with Crippen LogP contribution in [0.2, 0.25) is 0 Å². The van der Waals surface area contributed by atoms with Crippen molar-refractivity contribution < 1.29 is 23.9 Å². The third kappa shape index (κ3) is 3.40. The second kappa shape index (κ2) is 8.23. The Morgan fingerprint density at radius 1 is 1.19 bits per heavy atom. The number of aromatic carboxylic acids is 1. The van der Waals surface area contributed by atoms with Crippen LogP contribution in [0.15, 0.2) is 36.4 Å². The summed E-state index contributed by atoms with van der Waals surface area (Å²) in [6, 6.07) is 7.89. The smallest absolute Gasteiger partial charge is 0.335 e. The molecule has 0 bridgehead atoms. The first-order valence-electron chi connectivity index (χ1n) is 9.88. The normalized spacial score (nSPS) is 12.9. The highest BCUT2D eigenvalue weighted by Crippen LogP contribution is 2.38. The minimum Gasteiger partial charge on any atom is -0.478 e. The molecule has 10 heteroatoms. The summed E-state index contributed by atoms with van der Waals surface area (Å²) in [4.78, 5) is 43.0. The lowest BCUT2D eigenvalue weighted by molar-refractivity contribution is 0.0696. The van der Waals surface area contributed by atoms with E-state index in [9.17, 15) is 18.8 Å². The Balaban J connectivity index is 1.90. The van der Waals surface area contributed by atoms with Crippen LogP contribution >= 0.6 is 0 Å². The first-order chi connectivity index (χ1) is 15.4. The number of nitrogens with one attached hydrogen (secondary N) is 2. The summed E-state index contributed by atoms with van der Waals surface area (Å²) in [7, 11) is 1.61. The number of carboxylic acids is 1. The zero-order valence-electron chi connectivity index (χ0n) is 17.1. The third-order valence-electron chi connectivity index (χ3n) is 5.20. The molecule has 1 aromatic heterocycles. The van der Waals surface area contributed by atoms with Gasteiger partial charge in [-0.3, -0.25) is 9.59 Å². The van der Waals surface area contributed by atoms with Crippen molar-refractivity contribution in [2.24, 2.45) is 5.73 Å². The summed E-state index contributed by atoms with van der Waals surface area (Å²) in [5.41, 5.74) is 6.79. The van der Waals surface area contributed by atoms with Gasteiger partial charge in [0.15, 0.2) is 0 Å². The molecule has 0 unspecified atom stereocenters. The lowest BCUT2D eigenvalue weighted by Crippen LogP contribution is -2.29. The number of amides is 2. The van der Waals surface area contributed by atoms with Gasteiger partial charge >= 0.3 is 5.97 Å². The van der Waals surface area contributed by atoms with Gasteiger partial charge in [0.1, 0.15) is 11.5 Å². The van der Waals surface area contributed by atoms with Gasteiger partial charge in [0.25, 0.3) is 11.8 Å². The van der Waals surface area contributed by atoms with Gasteiger partial charge in [0.2, 0.25) is 0 Å². The molecule has 3 aromatic rings. The van der Waals surface area contributed by atoms with E-state index in [1.165, 1.54) is 36.4 Å². The number of carbonyl (C=O) groups excluding carboxylic acids is 2. The molecule has 0 fully saturated rings. The molecule has 4 rings (SSSR count). The highest BCUT2D eigenvalue weighted by molar-refractivity contribution is 6.37. The number of nitrogens with zero attached hydrogens (tertiary/aromatic N) is 2. The van der Waals surface area contributed by atoms with Crippen LogP contribution in [-0.2, 0) is 0 Å². The van der Waals surface area contributed by atoms with Crippen molar-refractivity contribution in [1.82, 2.24) is 4.98 Å². The number of hydrogen-bond acceptors (Lipinski definition) is 7. The van der Waals surface area contributed by atoms with Crippen LogP contribution < -0.4 is 21.3 Å². The summed E-state index contributed by atoms with van der Waals surface area (Å²) >= 11 is 0. The van der Waals surface area contributed by atoms with Crippen molar-refractivity contribution in [1.29, 1.82) is 0 Å². The lowest BCUT2D eigenvalue weighted by Gasteiger charge is -2.15. The molecular formula is C22H20FN5O4. The molecule has 0 radical (unpaired) electrons. The van der Waals surface area contributed by atoms with Crippen LogP contribution in [0.5, 0.6) is 0 Å². The molecule has 164 valence electrons. The van der Waals surface area contributed by atoms with Gasteiger partial charge < -0.3 is 21.5 Å². The highest BCUT2D eigenvalue weighted by Gasteiger charge is 2.41. The molecule has 2 heterocycles. The van der Waals surface area contributed by atoms with Crippen molar-refractivity contribution in [3.05, 3.63) is 59.0 Å². The van der Waals surface area contributed by atoms with E-state index in [1.807, 2.05) is 0 Å². The number of halogens is 1. The van der Waals surface area contributed by atoms with Crippen molar-refractivity contribution in [2.45, 2.75) is 6.42 Å². The molecule has 5 N–H and O–H groups in total. The minimum absolute atomic E-state index is 0.0208. The van der Waals surface area contributed by atoms with E-state index in [0.717, 1.165) is 4.90 Å². The Labute approximate surface area is 182 Å². The van der Waals surface area contributed by atoms with Crippen molar-refractivity contribution in [3.63, 3.8) is 0 Å². The molecule has 32 heavy (non-hydrogen) atoms. The Bertz CT molecular complexity index is 1260. The summed E-state index contributed by atoms with van der Waals surface area (Å²) in [5.74, 6) is -2.93. The van der Waals surface area contributed by atoms with E-state index < -0.39 is 23.6 Å². The van der Waals surface area contributed by atoms with E-state index in [2.05, 4.69) is 15.6 Å². The Morgan fingerprint density at radius 3 is 2.53 bits per heavy atom. The summed E-state index contributed by atoms with van der Waals surface area (Å²) < 4.78 is 14.3. The van der Waals surface area contributed by atoms with Gasteiger partial charge in [-0.15, -0.1) is 0 Å². The maximum Gasteiger partial charge on any atom is 0.335 e. The number of anilines is 3. The summed E-state index contributed by atoms with van der Waals surface area (Å²) in [6.45, 7) is 0.811. The predicted octanol–water partition coefficient (Wildman–Crippen LogP) is 2.68. The van der Waals surface area contributed by atoms with Gasteiger partial charge in [-0.1, -0.05) is 0 Å². The topological polar surface area (TPSA) is 138 Å². The monoisotopic (exact) mass is 437 g/mol. The molecule has 1 aliphatic heterocycles. The fourth-order valence-electron chi connectivity index (χ4n) is 3.68. The number of rotatable bonds is 7. The molecule has 2 aromatic carbocycles. The molecule has 1 aliphatic rings. The van der Waals surface area contributed by atoms with E-state index in [1.54, 1.807) is 7.05 Å². The second-order valence-electron chi connectivity index (χ2n) is 7.18. The molecule has 0 aliphatic carbocycles. The zero-order chi connectivity index (χ0) is 23.0. The quantitative estimate of drug-likeness (QED) is 0.327. The van der Waals surface area contributed by atoms with Crippen LogP contribution in [0.3, 0.4) is 0 Å². The molecule has 0 atom stereocenters. The van der Waals surface area contributed by atoms with Gasteiger partial charge in [-0.2, -0.15) is 0 Å². The molecule has 0 spiro atoms. The van der Waals surface area contributed by atoms with Gasteiger partial charge in [0, 0.05) is 19.0 Å². The highest BCUT2D eigenvalue weighted by atomic mass is 19.1. The summed E-state index contributed by atoms with van der Waals surface area (Å²) in [5, 5.41) is 15.4. The van der Waals surface area contributed by atoms with E-state index in [-0.39, 0.29) is 22.5 Å². The fourth-order valence-corrected chi connectivity index (χ4v) is 3.68. The van der Waals surface area contributed by atoms with Gasteiger partial charge in [0.05, 0.1) is 33.7 Å². The van der Waals surface area contributed by atoms with Crippen molar-refractivity contribution in [3.8, 4) is 0 Å². The van der Waals surface area contributed by atoms with Crippen molar-refractivity contribution in [2.75, 3.05) is 35.7 Å². The number of pyridine rings is 1. The van der Waals surface area contributed by atoms with Crippen LogP contribution in [0.4, 0.5) is 21.5 Å². The average molecular weight is 437 g/mol. The number of aromatic nitrogens is 1. The number of carbonyl (C=O) groups is 3. The lowest BCUT2D eigenvalue weighted by atomic mass is 10.0. The number of benzene rings is 2. The third-order valence-corrected chi connectivity index (χ3v) is 5.20. The van der Waals surface area contributed by atoms with E-state index >= 15 is 0 Å². The molecule has 0 saturated carbocycles. The maximum atomic E-state index is 14.3. The number of carboxylic acid groups (broad SMARTS) is 1. The second-order valence-corrected chi connectivity index (χ2v) is 7.18. The maximum absolute atomic E-state index is 14.3. The molecule has 2 amide bonds. The first-order valence-corrected chi connectivity index (χ1v) is 9.88. The average Bonchev–Trinajstić information content (AvgIpc) is 3.03. The van der Waals surface area contributed by atoms with Crippen LogP contribution in [0.25, 0.3) is 10.9 Å².